The van der Waals surface area contributed by atoms with Gasteiger partial charge in [0.2, 0.25) is 0 Å². The van der Waals surface area contributed by atoms with Gasteiger partial charge in [-0.3, -0.25) is 4.79 Å². The van der Waals surface area contributed by atoms with Crippen molar-refractivity contribution in [1.82, 2.24) is 5.32 Å². The van der Waals surface area contributed by atoms with Crippen LogP contribution in [0.4, 0.5) is 0 Å². The van der Waals surface area contributed by atoms with E-state index in [1.807, 2.05) is 19.1 Å². The van der Waals surface area contributed by atoms with E-state index >= 15 is 0 Å². The smallest absolute Gasteiger partial charge is 0.336 e. The summed E-state index contributed by atoms with van der Waals surface area (Å²) in [7, 11) is 0. The lowest BCUT2D eigenvalue weighted by Crippen LogP contribution is -2.39. The van der Waals surface area contributed by atoms with Crippen molar-refractivity contribution in [2.75, 3.05) is 13.2 Å². The van der Waals surface area contributed by atoms with Crippen LogP contribution in [-0.2, 0) is 25.5 Å². The lowest BCUT2D eigenvalue weighted by atomic mass is 9.68. The predicted molar refractivity (Wildman–Crippen MR) is 119 cm³/mol. The molecule has 0 bridgehead atoms. The molecule has 5 heteroatoms. The summed E-state index contributed by atoms with van der Waals surface area (Å²) in [5.41, 5.74) is 5.06. The van der Waals surface area contributed by atoms with Crippen LogP contribution in [0.1, 0.15) is 70.4 Å². The van der Waals surface area contributed by atoms with Crippen LogP contribution >= 0.6 is 0 Å². The molecule has 31 heavy (non-hydrogen) atoms. The van der Waals surface area contributed by atoms with Gasteiger partial charge >= 0.3 is 5.97 Å². The van der Waals surface area contributed by atoms with Gasteiger partial charge in [0, 0.05) is 35.9 Å². The Morgan fingerprint density at radius 3 is 2.61 bits per heavy atom. The SMILES string of the molecule is CCc1ccc([C@H]2C(C(=O)OC[C@H]3CCCO3)=C(C)NC3=C2C(=O)CC(C)(C)C3)cc1. The van der Waals surface area contributed by atoms with Crippen molar-refractivity contribution >= 4 is 11.8 Å². The van der Waals surface area contributed by atoms with E-state index in [-0.39, 0.29) is 29.9 Å². The van der Waals surface area contributed by atoms with Crippen molar-refractivity contribution in [3.63, 3.8) is 0 Å². The number of nitrogens with one attached hydrogen (secondary N) is 1. The standard InChI is InChI=1S/C26H33NO4/c1-5-17-8-10-18(11-9-17)23-22(25(29)31-15-19-7-6-12-30-19)16(2)27-20-13-26(3,4)14-21(28)24(20)23/h8-11,19,23,27H,5-7,12-15H2,1-4H3/t19-,23+/m1/s1. The zero-order chi connectivity index (χ0) is 22.2. The van der Waals surface area contributed by atoms with E-state index in [9.17, 15) is 9.59 Å². The van der Waals surface area contributed by atoms with Crippen molar-refractivity contribution < 1.29 is 19.1 Å². The van der Waals surface area contributed by atoms with Gasteiger partial charge in [-0.05, 0) is 49.1 Å². The molecule has 0 unspecified atom stereocenters. The van der Waals surface area contributed by atoms with E-state index in [2.05, 4.69) is 38.2 Å². The van der Waals surface area contributed by atoms with E-state index in [0.29, 0.717) is 12.0 Å². The monoisotopic (exact) mass is 423 g/mol. The third-order valence-corrected chi connectivity index (χ3v) is 6.61. The van der Waals surface area contributed by atoms with Gasteiger partial charge in [-0.2, -0.15) is 0 Å². The Labute approximate surface area is 184 Å². The Morgan fingerprint density at radius 1 is 1.23 bits per heavy atom. The van der Waals surface area contributed by atoms with Crippen LogP contribution < -0.4 is 5.32 Å². The second-order valence-corrected chi connectivity index (χ2v) is 9.76. The first-order valence-corrected chi connectivity index (χ1v) is 11.4. The van der Waals surface area contributed by atoms with Crippen LogP contribution in [0, 0.1) is 5.41 Å². The molecule has 1 saturated heterocycles. The minimum atomic E-state index is -0.400. The summed E-state index contributed by atoms with van der Waals surface area (Å²) in [6, 6.07) is 8.26. The van der Waals surface area contributed by atoms with E-state index in [1.54, 1.807) is 0 Å². The second kappa shape index (κ2) is 8.62. The van der Waals surface area contributed by atoms with Gasteiger partial charge in [-0.15, -0.1) is 0 Å². The Balaban J connectivity index is 1.71. The maximum absolute atomic E-state index is 13.3. The summed E-state index contributed by atoms with van der Waals surface area (Å²) in [6.07, 6.45) is 4.09. The molecular formula is C26H33NO4. The first-order chi connectivity index (χ1) is 14.8. The molecule has 2 aliphatic heterocycles. The molecule has 0 saturated carbocycles. The number of esters is 1. The molecule has 1 N–H and O–H groups in total. The molecule has 0 radical (unpaired) electrons. The lowest BCUT2D eigenvalue weighted by Gasteiger charge is -2.39. The molecule has 1 aliphatic carbocycles. The van der Waals surface area contributed by atoms with E-state index in [1.165, 1.54) is 5.56 Å². The highest BCUT2D eigenvalue weighted by Crippen LogP contribution is 2.46. The number of carbonyl (C=O) groups is 2. The first kappa shape index (κ1) is 21.8. The zero-order valence-corrected chi connectivity index (χ0v) is 19.0. The molecule has 0 spiro atoms. The maximum Gasteiger partial charge on any atom is 0.336 e. The maximum atomic E-state index is 13.3. The van der Waals surface area contributed by atoms with Crippen LogP contribution in [0.5, 0.6) is 0 Å². The fraction of sp³-hybridized carbons (Fsp3) is 0.538. The Hall–Kier alpha value is -2.40. The highest BCUT2D eigenvalue weighted by atomic mass is 16.6. The van der Waals surface area contributed by atoms with E-state index in [4.69, 9.17) is 9.47 Å². The topological polar surface area (TPSA) is 64.6 Å². The molecule has 1 aromatic rings. The van der Waals surface area contributed by atoms with Crippen LogP contribution in [0.15, 0.2) is 46.8 Å². The molecule has 0 aromatic heterocycles. The minimum Gasteiger partial charge on any atom is -0.459 e. The zero-order valence-electron chi connectivity index (χ0n) is 19.0. The van der Waals surface area contributed by atoms with Crippen LogP contribution in [0.25, 0.3) is 0 Å². The predicted octanol–water partition coefficient (Wildman–Crippen LogP) is 4.58. The summed E-state index contributed by atoms with van der Waals surface area (Å²) in [6.45, 7) is 9.23. The van der Waals surface area contributed by atoms with Crippen molar-refractivity contribution in [2.45, 2.75) is 71.8 Å². The van der Waals surface area contributed by atoms with E-state index in [0.717, 1.165) is 54.8 Å². The molecule has 5 nitrogen and oxygen atoms in total. The normalized spacial score (nSPS) is 25.4. The Kier molecular flexibility index (Phi) is 6.07. The Bertz CT molecular complexity index is 933. The van der Waals surface area contributed by atoms with Crippen LogP contribution in [0.3, 0.4) is 0 Å². The molecule has 0 amide bonds. The molecule has 1 aromatic carbocycles. The Morgan fingerprint density at radius 2 is 1.97 bits per heavy atom. The lowest BCUT2D eigenvalue weighted by molar-refractivity contribution is -0.142. The number of carbonyl (C=O) groups excluding carboxylic acids is 2. The van der Waals surface area contributed by atoms with Gasteiger partial charge in [-0.1, -0.05) is 45.0 Å². The van der Waals surface area contributed by atoms with Crippen molar-refractivity contribution in [1.29, 1.82) is 0 Å². The number of hydrogen-bond acceptors (Lipinski definition) is 5. The number of ether oxygens (including phenoxy) is 2. The number of Topliss-reactive ketones (excluding diaryl/α,β-unsaturated/α-hetero) is 1. The average Bonchev–Trinajstić information content (AvgIpc) is 3.24. The summed E-state index contributed by atoms with van der Waals surface area (Å²) >= 11 is 0. The average molecular weight is 424 g/mol. The number of allylic oxidation sites excluding steroid dienone is 3. The van der Waals surface area contributed by atoms with Gasteiger partial charge in [0.15, 0.2) is 5.78 Å². The molecule has 1 fully saturated rings. The third-order valence-electron chi connectivity index (χ3n) is 6.61. The van der Waals surface area contributed by atoms with Gasteiger partial charge in [0.1, 0.15) is 6.61 Å². The number of dihydropyridines is 1. The van der Waals surface area contributed by atoms with Crippen molar-refractivity contribution in [3.05, 3.63) is 57.9 Å². The molecule has 2 heterocycles. The summed E-state index contributed by atoms with van der Waals surface area (Å²) in [5.74, 6) is -0.655. The van der Waals surface area contributed by atoms with Gasteiger partial charge in [0.25, 0.3) is 0 Å². The molecule has 166 valence electrons. The van der Waals surface area contributed by atoms with E-state index < -0.39 is 5.92 Å². The number of benzene rings is 1. The van der Waals surface area contributed by atoms with Crippen LogP contribution in [0.2, 0.25) is 0 Å². The number of hydrogen-bond donors (Lipinski definition) is 1. The summed E-state index contributed by atoms with van der Waals surface area (Å²) in [4.78, 5) is 26.6. The fourth-order valence-corrected chi connectivity index (χ4v) is 5.01. The van der Waals surface area contributed by atoms with Crippen molar-refractivity contribution in [3.8, 4) is 0 Å². The molecule has 3 aliphatic rings. The number of aryl methyl sites for hydroxylation is 1. The highest BCUT2D eigenvalue weighted by molar-refractivity contribution is 6.04. The fourth-order valence-electron chi connectivity index (χ4n) is 5.01. The quantitative estimate of drug-likeness (QED) is 0.703. The second-order valence-electron chi connectivity index (χ2n) is 9.76. The summed E-state index contributed by atoms with van der Waals surface area (Å²) in [5, 5.41) is 3.39. The minimum absolute atomic E-state index is 0.0319. The van der Waals surface area contributed by atoms with Gasteiger partial charge in [0.05, 0.1) is 11.7 Å². The molecule has 4 rings (SSSR count). The van der Waals surface area contributed by atoms with Gasteiger partial charge in [-0.25, -0.2) is 4.79 Å². The van der Waals surface area contributed by atoms with Crippen molar-refractivity contribution in [2.24, 2.45) is 5.41 Å². The number of rotatable bonds is 5. The van der Waals surface area contributed by atoms with Crippen LogP contribution in [-0.4, -0.2) is 31.1 Å². The number of ketones is 1. The van der Waals surface area contributed by atoms with Gasteiger partial charge < -0.3 is 14.8 Å². The molecule has 2 atom stereocenters. The third kappa shape index (κ3) is 4.47. The molecular weight excluding hydrogens is 390 g/mol. The summed E-state index contributed by atoms with van der Waals surface area (Å²) < 4.78 is 11.3. The largest absolute Gasteiger partial charge is 0.459 e. The first-order valence-electron chi connectivity index (χ1n) is 11.4. The highest BCUT2D eigenvalue weighted by Gasteiger charge is 2.43.